The van der Waals surface area contributed by atoms with Gasteiger partial charge in [-0.1, -0.05) is 31.9 Å². The van der Waals surface area contributed by atoms with E-state index in [2.05, 4.69) is 12.2 Å². The third-order valence-electron chi connectivity index (χ3n) is 3.18. The van der Waals surface area contributed by atoms with Crippen molar-refractivity contribution >= 4 is 17.6 Å². The summed E-state index contributed by atoms with van der Waals surface area (Å²) in [6, 6.07) is 7.22. The first-order valence-corrected chi connectivity index (χ1v) is 7.75. The summed E-state index contributed by atoms with van der Waals surface area (Å²) in [4.78, 5) is 23.3. The number of methoxy groups -OCH3 is 1. The highest BCUT2D eigenvalue weighted by Gasteiger charge is 2.08. The number of ether oxygens (including phenoxy) is 2. The molecule has 0 fully saturated rings. The van der Waals surface area contributed by atoms with Gasteiger partial charge in [0.2, 0.25) is 5.91 Å². The SMILES string of the molecule is CCCCCOC(=O)CCCC(=O)Nc1ccccc1OC. The van der Waals surface area contributed by atoms with Gasteiger partial charge in [0.15, 0.2) is 0 Å². The first kappa shape index (κ1) is 18.0. The first-order chi connectivity index (χ1) is 10.7. The summed E-state index contributed by atoms with van der Waals surface area (Å²) in [5, 5.41) is 2.78. The number of unbranched alkanes of at least 4 members (excludes halogenated alkanes) is 2. The van der Waals surface area contributed by atoms with Crippen LogP contribution in [0.1, 0.15) is 45.4 Å². The van der Waals surface area contributed by atoms with E-state index in [1.54, 1.807) is 19.2 Å². The van der Waals surface area contributed by atoms with Crippen molar-refractivity contribution in [2.45, 2.75) is 45.4 Å². The third-order valence-corrected chi connectivity index (χ3v) is 3.18. The zero-order chi connectivity index (χ0) is 16.2. The molecule has 0 radical (unpaired) electrons. The topological polar surface area (TPSA) is 64.6 Å². The van der Waals surface area contributed by atoms with Crippen LogP contribution in [-0.4, -0.2) is 25.6 Å². The molecule has 5 nitrogen and oxygen atoms in total. The Bertz CT molecular complexity index is 473. The maximum absolute atomic E-state index is 11.8. The molecule has 22 heavy (non-hydrogen) atoms. The molecular formula is C17H25NO4. The van der Waals surface area contributed by atoms with Crippen molar-refractivity contribution in [3.05, 3.63) is 24.3 Å². The molecule has 122 valence electrons. The van der Waals surface area contributed by atoms with Crippen molar-refractivity contribution in [1.29, 1.82) is 0 Å². The predicted octanol–water partition coefficient (Wildman–Crippen LogP) is 3.54. The van der Waals surface area contributed by atoms with Crippen molar-refractivity contribution in [2.75, 3.05) is 19.0 Å². The molecule has 0 aliphatic carbocycles. The van der Waals surface area contributed by atoms with Crippen LogP contribution < -0.4 is 10.1 Å². The van der Waals surface area contributed by atoms with Crippen molar-refractivity contribution in [3.63, 3.8) is 0 Å². The van der Waals surface area contributed by atoms with Crippen LogP contribution in [0.5, 0.6) is 5.75 Å². The van der Waals surface area contributed by atoms with Crippen molar-refractivity contribution in [1.82, 2.24) is 0 Å². The molecule has 1 rings (SSSR count). The summed E-state index contributed by atoms with van der Waals surface area (Å²) in [5.41, 5.74) is 0.636. The Morgan fingerprint density at radius 1 is 1.09 bits per heavy atom. The molecule has 1 N–H and O–H groups in total. The number of hydrogen-bond acceptors (Lipinski definition) is 4. The van der Waals surface area contributed by atoms with E-state index in [1.807, 2.05) is 12.1 Å². The van der Waals surface area contributed by atoms with Gasteiger partial charge in [-0.15, -0.1) is 0 Å². The molecule has 0 aromatic heterocycles. The van der Waals surface area contributed by atoms with Gasteiger partial charge in [0, 0.05) is 12.8 Å². The van der Waals surface area contributed by atoms with Crippen LogP contribution in [0.3, 0.4) is 0 Å². The van der Waals surface area contributed by atoms with Gasteiger partial charge < -0.3 is 14.8 Å². The van der Waals surface area contributed by atoms with Gasteiger partial charge in [0.05, 0.1) is 19.4 Å². The molecule has 0 saturated heterocycles. The van der Waals surface area contributed by atoms with E-state index in [0.717, 1.165) is 19.3 Å². The fraction of sp³-hybridized carbons (Fsp3) is 0.529. The Labute approximate surface area is 132 Å². The quantitative estimate of drug-likeness (QED) is 0.530. The Morgan fingerprint density at radius 3 is 2.59 bits per heavy atom. The summed E-state index contributed by atoms with van der Waals surface area (Å²) in [7, 11) is 1.56. The Kier molecular flexibility index (Phi) is 8.72. The zero-order valence-corrected chi connectivity index (χ0v) is 13.4. The molecule has 0 unspecified atom stereocenters. The molecule has 0 bridgehead atoms. The summed E-state index contributed by atoms with van der Waals surface area (Å²) in [5.74, 6) is 0.246. The summed E-state index contributed by atoms with van der Waals surface area (Å²) >= 11 is 0. The molecule has 0 atom stereocenters. The summed E-state index contributed by atoms with van der Waals surface area (Å²) < 4.78 is 10.3. The molecule has 0 heterocycles. The average molecular weight is 307 g/mol. The van der Waals surface area contributed by atoms with Crippen molar-refractivity contribution in [3.8, 4) is 5.75 Å². The smallest absolute Gasteiger partial charge is 0.305 e. The van der Waals surface area contributed by atoms with Gasteiger partial charge in [-0.05, 0) is 25.0 Å². The van der Waals surface area contributed by atoms with E-state index in [9.17, 15) is 9.59 Å². The van der Waals surface area contributed by atoms with Gasteiger partial charge in [0.25, 0.3) is 0 Å². The molecule has 1 aromatic carbocycles. The van der Waals surface area contributed by atoms with E-state index in [1.165, 1.54) is 0 Å². The highest BCUT2D eigenvalue weighted by atomic mass is 16.5. The number of rotatable bonds is 10. The lowest BCUT2D eigenvalue weighted by molar-refractivity contribution is -0.143. The van der Waals surface area contributed by atoms with Crippen molar-refractivity contribution < 1.29 is 19.1 Å². The largest absolute Gasteiger partial charge is 0.495 e. The summed E-state index contributed by atoms with van der Waals surface area (Å²) in [6.07, 6.45) is 4.09. The second-order valence-electron chi connectivity index (χ2n) is 5.03. The Morgan fingerprint density at radius 2 is 1.86 bits per heavy atom. The third kappa shape index (κ3) is 7.11. The number of carbonyl (C=O) groups excluding carboxylic acids is 2. The number of esters is 1. The lowest BCUT2D eigenvalue weighted by Crippen LogP contribution is -2.13. The van der Waals surface area contributed by atoms with Gasteiger partial charge in [-0.3, -0.25) is 9.59 Å². The van der Waals surface area contributed by atoms with Crippen molar-refractivity contribution in [2.24, 2.45) is 0 Å². The number of hydrogen-bond donors (Lipinski definition) is 1. The first-order valence-electron chi connectivity index (χ1n) is 7.75. The van der Waals surface area contributed by atoms with Crippen LogP contribution in [0.15, 0.2) is 24.3 Å². The highest BCUT2D eigenvalue weighted by molar-refractivity contribution is 5.92. The maximum atomic E-state index is 11.8. The molecule has 0 saturated carbocycles. The minimum absolute atomic E-state index is 0.136. The number of benzene rings is 1. The van der Waals surface area contributed by atoms with Gasteiger partial charge in [0.1, 0.15) is 5.75 Å². The lowest BCUT2D eigenvalue weighted by atomic mass is 10.2. The van der Waals surface area contributed by atoms with Gasteiger partial charge in [-0.25, -0.2) is 0 Å². The number of para-hydroxylation sites is 2. The normalized spacial score (nSPS) is 10.1. The van der Waals surface area contributed by atoms with E-state index in [-0.39, 0.29) is 24.7 Å². The minimum atomic E-state index is -0.235. The second kappa shape index (κ2) is 10.7. The van der Waals surface area contributed by atoms with Crippen LogP contribution in [0.4, 0.5) is 5.69 Å². The fourth-order valence-electron chi connectivity index (χ4n) is 1.96. The van der Waals surface area contributed by atoms with Gasteiger partial charge >= 0.3 is 5.97 Å². The molecule has 0 aliphatic heterocycles. The van der Waals surface area contributed by atoms with Crippen LogP contribution in [0.25, 0.3) is 0 Å². The fourth-order valence-corrected chi connectivity index (χ4v) is 1.96. The molecule has 1 aromatic rings. The Hall–Kier alpha value is -2.04. The zero-order valence-electron chi connectivity index (χ0n) is 13.4. The van der Waals surface area contributed by atoms with E-state index in [4.69, 9.17) is 9.47 Å². The number of amides is 1. The molecule has 0 aliphatic rings. The monoisotopic (exact) mass is 307 g/mol. The standard InChI is InChI=1S/C17H25NO4/c1-3-4-7-13-22-17(20)12-8-11-16(19)18-14-9-5-6-10-15(14)21-2/h5-6,9-10H,3-4,7-8,11-13H2,1-2H3,(H,18,19). The van der Waals surface area contributed by atoms with Crippen LogP contribution in [0.2, 0.25) is 0 Å². The summed E-state index contributed by atoms with van der Waals surface area (Å²) in [6.45, 7) is 2.57. The minimum Gasteiger partial charge on any atom is -0.495 e. The van der Waals surface area contributed by atoms with Crippen LogP contribution in [0, 0.1) is 0 Å². The lowest BCUT2D eigenvalue weighted by Gasteiger charge is -2.09. The van der Waals surface area contributed by atoms with Gasteiger partial charge in [-0.2, -0.15) is 0 Å². The molecule has 1 amide bonds. The Balaban J connectivity index is 2.22. The van der Waals surface area contributed by atoms with E-state index >= 15 is 0 Å². The average Bonchev–Trinajstić information content (AvgIpc) is 2.52. The molecule has 0 spiro atoms. The van der Waals surface area contributed by atoms with Crippen LogP contribution in [-0.2, 0) is 14.3 Å². The van der Waals surface area contributed by atoms with Crippen LogP contribution >= 0.6 is 0 Å². The molecule has 5 heteroatoms. The highest BCUT2D eigenvalue weighted by Crippen LogP contribution is 2.23. The maximum Gasteiger partial charge on any atom is 0.305 e. The molecular weight excluding hydrogens is 282 g/mol. The predicted molar refractivity (Wildman–Crippen MR) is 86.0 cm³/mol. The van der Waals surface area contributed by atoms with E-state index in [0.29, 0.717) is 24.5 Å². The van der Waals surface area contributed by atoms with E-state index < -0.39 is 0 Å². The number of anilines is 1. The number of nitrogens with one attached hydrogen (secondary N) is 1. The number of carbonyl (C=O) groups is 2. The second-order valence-corrected chi connectivity index (χ2v) is 5.03.